The van der Waals surface area contributed by atoms with Crippen molar-refractivity contribution in [2.45, 2.75) is 18.7 Å². The van der Waals surface area contributed by atoms with E-state index < -0.39 is 15.8 Å². The monoisotopic (exact) mass is 328 g/mol. The smallest absolute Gasteiger partial charge is 0.262 e. The van der Waals surface area contributed by atoms with Gasteiger partial charge in [-0.05, 0) is 49.2 Å². The molecule has 0 amide bonds. The zero-order valence-corrected chi connectivity index (χ0v) is 13.0. The highest BCUT2D eigenvalue weighted by Gasteiger charge is 2.18. The average Bonchev–Trinajstić information content (AvgIpc) is 2.38. The fraction of sp³-hybridized carbons (Fsp3) is 0.143. The van der Waals surface area contributed by atoms with Gasteiger partial charge in [-0.3, -0.25) is 4.72 Å². The third-order valence-electron chi connectivity index (χ3n) is 2.94. The topological polar surface area (TPSA) is 72.2 Å². The summed E-state index contributed by atoms with van der Waals surface area (Å²) in [7, 11) is -3.89. The van der Waals surface area contributed by atoms with Crippen LogP contribution in [0.15, 0.2) is 35.2 Å². The maximum atomic E-state index is 13.5. The van der Waals surface area contributed by atoms with Crippen LogP contribution in [-0.4, -0.2) is 8.42 Å². The number of anilines is 2. The Kier molecular flexibility index (Phi) is 4.11. The Bertz CT molecular complexity index is 784. The van der Waals surface area contributed by atoms with Crippen LogP contribution < -0.4 is 10.5 Å². The Balaban J connectivity index is 2.43. The van der Waals surface area contributed by atoms with E-state index in [9.17, 15) is 12.8 Å². The van der Waals surface area contributed by atoms with E-state index in [1.807, 2.05) is 6.92 Å². The number of hydrogen-bond acceptors (Lipinski definition) is 3. The minimum atomic E-state index is -3.89. The number of nitrogens with two attached hydrogens (primary N) is 1. The molecule has 21 heavy (non-hydrogen) atoms. The summed E-state index contributed by atoms with van der Waals surface area (Å²) in [5, 5.41) is 0.283. The summed E-state index contributed by atoms with van der Waals surface area (Å²) < 4.78 is 40.5. The van der Waals surface area contributed by atoms with Gasteiger partial charge in [0.25, 0.3) is 10.0 Å². The Morgan fingerprint density at radius 1 is 1.19 bits per heavy atom. The summed E-state index contributed by atoms with van der Waals surface area (Å²) in [6.07, 6.45) is 0. The van der Waals surface area contributed by atoms with Crippen molar-refractivity contribution in [2.75, 3.05) is 10.5 Å². The van der Waals surface area contributed by atoms with E-state index in [0.29, 0.717) is 0 Å². The first-order valence-corrected chi connectivity index (χ1v) is 7.91. The highest BCUT2D eigenvalue weighted by Crippen LogP contribution is 2.27. The van der Waals surface area contributed by atoms with Crippen molar-refractivity contribution in [3.05, 3.63) is 52.3 Å². The van der Waals surface area contributed by atoms with E-state index in [4.69, 9.17) is 17.3 Å². The standard InChI is InChI=1S/C14H14ClFN2O2S/c1-8-3-4-13(11(15)5-8)18-21(19,20)10-6-9(2)14(16)12(17)7-10/h3-7,18H,17H2,1-2H3. The SMILES string of the molecule is Cc1ccc(NS(=O)(=O)c2cc(C)c(F)c(N)c2)c(Cl)c1. The Morgan fingerprint density at radius 2 is 1.86 bits per heavy atom. The van der Waals surface area contributed by atoms with Crippen LogP contribution in [0.2, 0.25) is 5.02 Å². The molecule has 0 atom stereocenters. The van der Waals surface area contributed by atoms with Gasteiger partial charge in [-0.1, -0.05) is 17.7 Å². The van der Waals surface area contributed by atoms with Gasteiger partial charge >= 0.3 is 0 Å². The van der Waals surface area contributed by atoms with Crippen molar-refractivity contribution in [3.63, 3.8) is 0 Å². The molecule has 0 spiro atoms. The summed E-state index contributed by atoms with van der Waals surface area (Å²) in [6, 6.07) is 7.23. The molecule has 0 heterocycles. The number of nitrogen functional groups attached to an aromatic ring is 1. The number of aryl methyl sites for hydroxylation is 2. The fourth-order valence-electron chi connectivity index (χ4n) is 1.82. The van der Waals surface area contributed by atoms with E-state index in [2.05, 4.69) is 4.72 Å². The van der Waals surface area contributed by atoms with E-state index >= 15 is 0 Å². The van der Waals surface area contributed by atoms with Crippen molar-refractivity contribution in [1.82, 2.24) is 0 Å². The molecule has 3 N–H and O–H groups in total. The van der Waals surface area contributed by atoms with Gasteiger partial charge in [0, 0.05) is 0 Å². The van der Waals surface area contributed by atoms with E-state index in [0.717, 1.165) is 11.6 Å². The van der Waals surface area contributed by atoms with Crippen LogP contribution in [0.4, 0.5) is 15.8 Å². The number of rotatable bonds is 3. The molecule has 0 fully saturated rings. The van der Waals surface area contributed by atoms with Gasteiger partial charge in [-0.25, -0.2) is 12.8 Å². The average molecular weight is 329 g/mol. The molecule has 0 aliphatic heterocycles. The van der Waals surface area contributed by atoms with Crippen LogP contribution in [-0.2, 0) is 10.0 Å². The molecule has 7 heteroatoms. The lowest BCUT2D eigenvalue weighted by atomic mass is 10.2. The molecule has 112 valence electrons. The van der Waals surface area contributed by atoms with Crippen LogP contribution in [0.5, 0.6) is 0 Å². The second-order valence-electron chi connectivity index (χ2n) is 4.73. The third kappa shape index (κ3) is 3.28. The molecule has 0 aromatic heterocycles. The van der Waals surface area contributed by atoms with Crippen LogP contribution in [0.3, 0.4) is 0 Å². The predicted molar refractivity (Wildman–Crippen MR) is 82.5 cm³/mol. The lowest BCUT2D eigenvalue weighted by molar-refractivity contribution is 0.599. The zero-order chi connectivity index (χ0) is 15.8. The summed E-state index contributed by atoms with van der Waals surface area (Å²) in [6.45, 7) is 3.29. The van der Waals surface area contributed by atoms with Crippen molar-refractivity contribution in [1.29, 1.82) is 0 Å². The molecular weight excluding hydrogens is 315 g/mol. The van der Waals surface area contributed by atoms with Crippen molar-refractivity contribution in [3.8, 4) is 0 Å². The zero-order valence-electron chi connectivity index (χ0n) is 11.4. The van der Waals surface area contributed by atoms with E-state index in [-0.39, 0.29) is 26.9 Å². The highest BCUT2D eigenvalue weighted by atomic mass is 35.5. The van der Waals surface area contributed by atoms with Gasteiger partial charge in [0.05, 0.1) is 21.3 Å². The van der Waals surface area contributed by atoms with Crippen molar-refractivity contribution in [2.24, 2.45) is 0 Å². The number of nitrogens with one attached hydrogen (secondary N) is 1. The van der Waals surface area contributed by atoms with Gasteiger partial charge in [-0.15, -0.1) is 0 Å². The molecule has 2 aromatic rings. The Hall–Kier alpha value is -1.79. The molecule has 2 aromatic carbocycles. The predicted octanol–water partition coefficient (Wildman–Crippen LogP) is 3.48. The van der Waals surface area contributed by atoms with Crippen molar-refractivity contribution >= 4 is 33.0 Å². The molecule has 0 radical (unpaired) electrons. The maximum absolute atomic E-state index is 13.5. The first-order valence-electron chi connectivity index (χ1n) is 6.05. The lowest BCUT2D eigenvalue weighted by Gasteiger charge is -2.12. The van der Waals surface area contributed by atoms with Crippen LogP contribution in [0, 0.1) is 19.7 Å². The first kappa shape index (κ1) is 15.6. The second-order valence-corrected chi connectivity index (χ2v) is 6.82. The number of halogens is 2. The summed E-state index contributed by atoms with van der Waals surface area (Å²) in [5.74, 6) is -0.623. The fourth-order valence-corrected chi connectivity index (χ4v) is 3.36. The quantitative estimate of drug-likeness (QED) is 0.847. The van der Waals surface area contributed by atoms with E-state index in [1.54, 1.807) is 18.2 Å². The van der Waals surface area contributed by atoms with Crippen LogP contribution in [0.1, 0.15) is 11.1 Å². The van der Waals surface area contributed by atoms with Crippen LogP contribution in [0.25, 0.3) is 0 Å². The molecule has 0 saturated heterocycles. The number of benzene rings is 2. The molecule has 0 aliphatic carbocycles. The molecule has 0 aliphatic rings. The largest absolute Gasteiger partial charge is 0.396 e. The van der Waals surface area contributed by atoms with Gasteiger partial charge in [0.15, 0.2) is 0 Å². The molecular formula is C14H14ClFN2O2S. The van der Waals surface area contributed by atoms with E-state index in [1.165, 1.54) is 13.0 Å². The Labute approximate surface area is 127 Å². The van der Waals surface area contributed by atoms with Gasteiger partial charge < -0.3 is 5.73 Å². The molecule has 4 nitrogen and oxygen atoms in total. The third-order valence-corrected chi connectivity index (χ3v) is 4.59. The van der Waals surface area contributed by atoms with Gasteiger partial charge in [0.1, 0.15) is 5.82 Å². The lowest BCUT2D eigenvalue weighted by Crippen LogP contribution is -2.14. The molecule has 2 rings (SSSR count). The minimum Gasteiger partial charge on any atom is -0.396 e. The number of hydrogen-bond donors (Lipinski definition) is 2. The summed E-state index contributed by atoms with van der Waals surface area (Å²) >= 11 is 6.00. The van der Waals surface area contributed by atoms with Gasteiger partial charge in [-0.2, -0.15) is 0 Å². The highest BCUT2D eigenvalue weighted by molar-refractivity contribution is 7.92. The van der Waals surface area contributed by atoms with Crippen LogP contribution >= 0.6 is 11.6 Å². The number of sulfonamides is 1. The summed E-state index contributed by atoms with van der Waals surface area (Å²) in [4.78, 5) is -0.115. The molecule has 0 bridgehead atoms. The maximum Gasteiger partial charge on any atom is 0.262 e. The van der Waals surface area contributed by atoms with Gasteiger partial charge in [0.2, 0.25) is 0 Å². The minimum absolute atomic E-state index is 0.115. The van der Waals surface area contributed by atoms with Crippen molar-refractivity contribution < 1.29 is 12.8 Å². The first-order chi connectivity index (χ1) is 9.70. The Morgan fingerprint density at radius 3 is 2.43 bits per heavy atom. The second kappa shape index (κ2) is 5.54. The molecule has 0 saturated carbocycles. The molecule has 0 unspecified atom stereocenters. The normalized spacial score (nSPS) is 11.4. The summed E-state index contributed by atoms with van der Waals surface area (Å²) in [5.41, 5.74) is 6.57.